The molecular weight excluding hydrogens is 228 g/mol. The van der Waals surface area contributed by atoms with Gasteiger partial charge in [0.15, 0.2) is 0 Å². The highest BCUT2D eigenvalue weighted by Gasteiger charge is 2.23. The van der Waals surface area contributed by atoms with Crippen LogP contribution in [0.1, 0.15) is 45.4 Å². The van der Waals surface area contributed by atoms with Crippen molar-refractivity contribution >= 4 is 0 Å². The Labute approximate surface area is 109 Å². The minimum absolute atomic E-state index is 0.0709. The van der Waals surface area contributed by atoms with Crippen molar-refractivity contribution in [3.63, 3.8) is 0 Å². The summed E-state index contributed by atoms with van der Waals surface area (Å²) < 4.78 is 5.73. The lowest BCUT2D eigenvalue weighted by atomic mass is 9.97. The summed E-state index contributed by atoms with van der Waals surface area (Å²) >= 11 is 0. The zero-order chi connectivity index (χ0) is 13.2. The smallest absolute Gasteiger partial charge is 0.230 e. The Balaban J connectivity index is 1.94. The van der Waals surface area contributed by atoms with Crippen molar-refractivity contribution in [2.75, 3.05) is 20.1 Å². The average Bonchev–Trinajstić information content (AvgIpc) is 2.78. The van der Waals surface area contributed by atoms with Crippen molar-refractivity contribution in [2.45, 2.75) is 51.6 Å². The lowest BCUT2D eigenvalue weighted by Gasteiger charge is -2.30. The molecule has 0 radical (unpaired) electrons. The maximum Gasteiger partial charge on any atom is 0.230 e. The number of aromatic nitrogens is 2. The highest BCUT2D eigenvalue weighted by Crippen LogP contribution is 2.21. The summed E-state index contributed by atoms with van der Waals surface area (Å²) in [5.41, 5.74) is -0.0709. The molecule has 1 saturated heterocycles. The molecule has 102 valence electrons. The fourth-order valence-corrected chi connectivity index (χ4v) is 2.21. The molecule has 2 heterocycles. The molecule has 5 nitrogen and oxygen atoms in total. The third kappa shape index (κ3) is 3.29. The maximum absolute atomic E-state index is 5.73. The molecular formula is C13H24N4O. The van der Waals surface area contributed by atoms with Crippen molar-refractivity contribution < 1.29 is 4.42 Å². The first-order chi connectivity index (χ1) is 8.47. The van der Waals surface area contributed by atoms with Crippen LogP contribution in [0, 0.1) is 0 Å². The SMILES string of the molecule is CN(Cc1nnc(C(C)(C)C)o1)C1CCNCC1. The predicted octanol–water partition coefficient (Wildman–Crippen LogP) is 1.55. The van der Waals surface area contributed by atoms with E-state index >= 15 is 0 Å². The fraction of sp³-hybridized carbons (Fsp3) is 0.846. The number of hydrogen-bond donors (Lipinski definition) is 1. The number of hydrogen-bond acceptors (Lipinski definition) is 5. The van der Waals surface area contributed by atoms with E-state index < -0.39 is 0 Å². The second-order valence-electron chi connectivity index (χ2n) is 6.15. The first kappa shape index (κ1) is 13.5. The van der Waals surface area contributed by atoms with Crippen LogP contribution in [-0.2, 0) is 12.0 Å². The van der Waals surface area contributed by atoms with E-state index in [1.807, 2.05) is 0 Å². The molecule has 0 amide bonds. The first-order valence-corrected chi connectivity index (χ1v) is 6.70. The summed E-state index contributed by atoms with van der Waals surface area (Å²) in [6.07, 6.45) is 2.38. The summed E-state index contributed by atoms with van der Waals surface area (Å²) in [4.78, 5) is 2.32. The van der Waals surface area contributed by atoms with E-state index in [0.29, 0.717) is 6.04 Å². The van der Waals surface area contributed by atoms with E-state index in [1.165, 1.54) is 12.8 Å². The van der Waals surface area contributed by atoms with Crippen LogP contribution >= 0.6 is 0 Å². The normalized spacial score (nSPS) is 18.5. The van der Waals surface area contributed by atoms with Crippen molar-refractivity contribution in [1.82, 2.24) is 20.4 Å². The van der Waals surface area contributed by atoms with Gasteiger partial charge in [-0.3, -0.25) is 4.90 Å². The van der Waals surface area contributed by atoms with Gasteiger partial charge in [0.05, 0.1) is 6.54 Å². The quantitative estimate of drug-likeness (QED) is 0.884. The molecule has 0 bridgehead atoms. The van der Waals surface area contributed by atoms with Crippen LogP contribution in [0.5, 0.6) is 0 Å². The highest BCUT2D eigenvalue weighted by molar-refractivity contribution is 4.96. The number of rotatable bonds is 3. The molecule has 1 fully saturated rings. The van der Waals surface area contributed by atoms with Gasteiger partial charge in [-0.15, -0.1) is 10.2 Å². The van der Waals surface area contributed by atoms with Crippen molar-refractivity contribution in [1.29, 1.82) is 0 Å². The highest BCUT2D eigenvalue weighted by atomic mass is 16.4. The standard InChI is InChI=1S/C13H24N4O/c1-13(2,3)12-16-15-11(18-12)9-17(4)10-5-7-14-8-6-10/h10,14H,5-9H2,1-4H3. The number of nitrogens with zero attached hydrogens (tertiary/aromatic N) is 3. The van der Waals surface area contributed by atoms with Gasteiger partial charge in [-0.25, -0.2) is 0 Å². The second-order valence-corrected chi connectivity index (χ2v) is 6.15. The van der Waals surface area contributed by atoms with E-state index in [1.54, 1.807) is 0 Å². The van der Waals surface area contributed by atoms with Crippen molar-refractivity contribution in [3.8, 4) is 0 Å². The molecule has 0 atom stereocenters. The van der Waals surface area contributed by atoms with Gasteiger partial charge in [0.1, 0.15) is 0 Å². The van der Waals surface area contributed by atoms with Gasteiger partial charge in [0.25, 0.3) is 0 Å². The lowest BCUT2D eigenvalue weighted by molar-refractivity contribution is 0.174. The minimum Gasteiger partial charge on any atom is -0.423 e. The van der Waals surface area contributed by atoms with Crippen LogP contribution in [0.4, 0.5) is 0 Å². The Bertz CT molecular complexity index is 377. The second kappa shape index (κ2) is 5.36. The molecule has 0 aliphatic carbocycles. The Morgan fingerprint density at radius 1 is 1.28 bits per heavy atom. The van der Waals surface area contributed by atoms with E-state index in [9.17, 15) is 0 Å². The molecule has 5 heteroatoms. The first-order valence-electron chi connectivity index (χ1n) is 6.70. The zero-order valence-electron chi connectivity index (χ0n) is 11.9. The van der Waals surface area contributed by atoms with Gasteiger partial charge in [0, 0.05) is 11.5 Å². The largest absolute Gasteiger partial charge is 0.423 e. The molecule has 0 saturated carbocycles. The van der Waals surface area contributed by atoms with Gasteiger partial charge >= 0.3 is 0 Å². The van der Waals surface area contributed by atoms with Crippen molar-refractivity contribution in [3.05, 3.63) is 11.8 Å². The van der Waals surface area contributed by atoms with Crippen LogP contribution in [-0.4, -0.2) is 41.3 Å². The minimum atomic E-state index is -0.0709. The molecule has 2 rings (SSSR count). The lowest BCUT2D eigenvalue weighted by Crippen LogP contribution is -2.40. The van der Waals surface area contributed by atoms with Gasteiger partial charge in [-0.1, -0.05) is 20.8 Å². The van der Waals surface area contributed by atoms with Crippen LogP contribution in [0.25, 0.3) is 0 Å². The Kier molecular flexibility index (Phi) is 4.02. The topological polar surface area (TPSA) is 54.2 Å². The molecule has 1 aliphatic heterocycles. The third-order valence-corrected chi connectivity index (χ3v) is 3.43. The van der Waals surface area contributed by atoms with Gasteiger partial charge in [-0.05, 0) is 33.0 Å². The summed E-state index contributed by atoms with van der Waals surface area (Å²) in [6, 6.07) is 0.622. The van der Waals surface area contributed by atoms with Crippen LogP contribution in [0.15, 0.2) is 4.42 Å². The Hall–Kier alpha value is -0.940. The molecule has 1 N–H and O–H groups in total. The average molecular weight is 252 g/mol. The maximum atomic E-state index is 5.73. The van der Waals surface area contributed by atoms with Crippen LogP contribution in [0.2, 0.25) is 0 Å². The van der Waals surface area contributed by atoms with E-state index in [-0.39, 0.29) is 5.41 Å². The Morgan fingerprint density at radius 2 is 1.94 bits per heavy atom. The molecule has 0 spiro atoms. The molecule has 0 unspecified atom stereocenters. The zero-order valence-corrected chi connectivity index (χ0v) is 11.9. The van der Waals surface area contributed by atoms with Gasteiger partial charge in [-0.2, -0.15) is 0 Å². The summed E-state index contributed by atoms with van der Waals surface area (Å²) in [5, 5.41) is 11.7. The van der Waals surface area contributed by atoms with Crippen LogP contribution < -0.4 is 5.32 Å². The Morgan fingerprint density at radius 3 is 2.50 bits per heavy atom. The monoisotopic (exact) mass is 252 g/mol. The van der Waals surface area contributed by atoms with Crippen LogP contribution in [0.3, 0.4) is 0 Å². The molecule has 1 aromatic rings. The van der Waals surface area contributed by atoms with Gasteiger partial charge in [0.2, 0.25) is 11.8 Å². The summed E-state index contributed by atoms with van der Waals surface area (Å²) in [7, 11) is 2.14. The number of nitrogens with one attached hydrogen (secondary N) is 1. The predicted molar refractivity (Wildman–Crippen MR) is 70.4 cm³/mol. The molecule has 0 aromatic carbocycles. The number of piperidine rings is 1. The van der Waals surface area contributed by atoms with Crippen molar-refractivity contribution in [2.24, 2.45) is 0 Å². The van der Waals surface area contributed by atoms with E-state index in [0.717, 1.165) is 31.4 Å². The third-order valence-electron chi connectivity index (χ3n) is 3.43. The summed E-state index contributed by atoms with van der Waals surface area (Å²) in [5.74, 6) is 1.44. The van der Waals surface area contributed by atoms with E-state index in [2.05, 4.69) is 48.2 Å². The van der Waals surface area contributed by atoms with E-state index in [4.69, 9.17) is 4.42 Å². The van der Waals surface area contributed by atoms with Gasteiger partial charge < -0.3 is 9.73 Å². The fourth-order valence-electron chi connectivity index (χ4n) is 2.21. The molecule has 1 aliphatic rings. The molecule has 1 aromatic heterocycles. The summed E-state index contributed by atoms with van der Waals surface area (Å²) in [6.45, 7) is 9.20. The molecule has 18 heavy (non-hydrogen) atoms.